The standard InChI is InChI=1S/C23H24BrN5O2S/c1-28-20(13-2-4-14(5-3-13)23(30)31)19(24)21(25)29-22(28)17(11-27-29)15-6-7-18(26-10-15)16-8-9-32-12-16/h6-14,20H,2-5,25H2,1H3,(H,30,31). The number of aliphatic carboxylic acids is 1. The highest BCUT2D eigenvalue weighted by Crippen LogP contribution is 2.44. The van der Waals surface area contributed by atoms with Gasteiger partial charge >= 0.3 is 5.97 Å². The summed E-state index contributed by atoms with van der Waals surface area (Å²) in [5.74, 6) is 0.903. The predicted octanol–water partition coefficient (Wildman–Crippen LogP) is 4.86. The fourth-order valence-corrected chi connectivity index (χ4v) is 6.45. The Morgan fingerprint density at radius 1 is 1.19 bits per heavy atom. The molecule has 0 bridgehead atoms. The third-order valence-electron chi connectivity index (χ3n) is 6.69. The van der Waals surface area contributed by atoms with Crippen molar-refractivity contribution in [2.24, 2.45) is 17.6 Å². The Bertz CT molecular complexity index is 1160. The molecule has 1 atom stereocenters. The molecule has 1 unspecified atom stereocenters. The van der Waals surface area contributed by atoms with Crippen molar-refractivity contribution in [2.75, 3.05) is 11.9 Å². The molecule has 3 aromatic rings. The summed E-state index contributed by atoms with van der Waals surface area (Å²) in [6, 6.07) is 6.21. The molecule has 3 aromatic heterocycles. The Hall–Kier alpha value is -2.65. The molecule has 1 saturated carbocycles. The lowest BCUT2D eigenvalue weighted by molar-refractivity contribution is -0.143. The first-order chi connectivity index (χ1) is 15.5. The zero-order chi connectivity index (χ0) is 22.4. The number of carboxylic acid groups (broad SMARTS) is 1. The molecule has 1 aliphatic carbocycles. The van der Waals surface area contributed by atoms with Crippen LogP contribution in [-0.4, -0.2) is 38.9 Å². The van der Waals surface area contributed by atoms with Crippen LogP contribution < -0.4 is 10.6 Å². The van der Waals surface area contributed by atoms with Gasteiger partial charge in [-0.3, -0.25) is 9.78 Å². The summed E-state index contributed by atoms with van der Waals surface area (Å²) < 4.78 is 2.68. The van der Waals surface area contributed by atoms with Gasteiger partial charge in [0.15, 0.2) is 0 Å². The molecule has 1 fully saturated rings. The largest absolute Gasteiger partial charge is 0.481 e. The number of likely N-dealkylation sites (N-methyl/N-ethyl adjacent to an activating group) is 1. The third-order valence-corrected chi connectivity index (χ3v) is 8.25. The van der Waals surface area contributed by atoms with Gasteiger partial charge in [-0.15, -0.1) is 0 Å². The molecule has 0 saturated heterocycles. The molecule has 3 N–H and O–H groups in total. The van der Waals surface area contributed by atoms with Crippen LogP contribution in [0.15, 0.2) is 45.8 Å². The van der Waals surface area contributed by atoms with Crippen molar-refractivity contribution >= 4 is 44.9 Å². The Balaban J connectivity index is 1.47. The van der Waals surface area contributed by atoms with Crippen molar-refractivity contribution in [1.82, 2.24) is 14.8 Å². The summed E-state index contributed by atoms with van der Waals surface area (Å²) >= 11 is 5.39. The van der Waals surface area contributed by atoms with Crippen LogP contribution in [0.2, 0.25) is 0 Å². The summed E-state index contributed by atoms with van der Waals surface area (Å²) in [6.07, 6.45) is 6.83. The number of rotatable bonds is 4. The van der Waals surface area contributed by atoms with Gasteiger partial charge in [-0.2, -0.15) is 16.4 Å². The van der Waals surface area contributed by atoms with E-state index in [9.17, 15) is 9.90 Å². The molecule has 0 amide bonds. The van der Waals surface area contributed by atoms with Gasteiger partial charge in [0.1, 0.15) is 11.6 Å². The second-order valence-electron chi connectivity index (χ2n) is 8.48. The molecular weight excluding hydrogens is 490 g/mol. The van der Waals surface area contributed by atoms with Crippen LogP contribution in [0.5, 0.6) is 0 Å². The van der Waals surface area contributed by atoms with E-state index in [1.54, 1.807) is 16.0 Å². The monoisotopic (exact) mass is 513 g/mol. The van der Waals surface area contributed by atoms with Crippen LogP contribution in [0.4, 0.5) is 5.82 Å². The Kier molecular flexibility index (Phi) is 5.54. The van der Waals surface area contributed by atoms with E-state index in [1.165, 1.54) is 0 Å². The molecule has 166 valence electrons. The average molecular weight is 514 g/mol. The van der Waals surface area contributed by atoms with Crippen molar-refractivity contribution in [3.63, 3.8) is 0 Å². The van der Waals surface area contributed by atoms with Gasteiger partial charge in [-0.25, -0.2) is 4.68 Å². The molecule has 0 spiro atoms. The Labute approximate surface area is 198 Å². The molecule has 0 radical (unpaired) electrons. The zero-order valence-electron chi connectivity index (χ0n) is 17.6. The smallest absolute Gasteiger partial charge is 0.306 e. The lowest BCUT2D eigenvalue weighted by Crippen LogP contribution is -2.45. The number of nitrogens with zero attached hydrogens (tertiary/aromatic N) is 4. The molecule has 2 aliphatic rings. The number of anilines is 1. The van der Waals surface area contributed by atoms with Crippen molar-refractivity contribution < 1.29 is 9.90 Å². The van der Waals surface area contributed by atoms with E-state index in [1.807, 2.05) is 23.8 Å². The van der Waals surface area contributed by atoms with Gasteiger partial charge in [-0.1, -0.05) is 6.07 Å². The van der Waals surface area contributed by atoms with Gasteiger partial charge < -0.3 is 15.7 Å². The van der Waals surface area contributed by atoms with Crippen LogP contribution in [0.25, 0.3) is 28.2 Å². The maximum absolute atomic E-state index is 11.4. The fourth-order valence-electron chi connectivity index (χ4n) is 4.95. The van der Waals surface area contributed by atoms with E-state index < -0.39 is 5.97 Å². The minimum absolute atomic E-state index is 0.0470. The van der Waals surface area contributed by atoms with Crippen molar-refractivity contribution in [2.45, 2.75) is 31.7 Å². The lowest BCUT2D eigenvalue weighted by Gasteiger charge is -2.42. The Morgan fingerprint density at radius 2 is 1.97 bits per heavy atom. The van der Waals surface area contributed by atoms with E-state index in [0.29, 0.717) is 24.6 Å². The maximum atomic E-state index is 11.4. The van der Waals surface area contributed by atoms with Gasteiger partial charge in [0.25, 0.3) is 0 Å². The summed E-state index contributed by atoms with van der Waals surface area (Å²) in [4.78, 5) is 18.3. The molecule has 0 aromatic carbocycles. The zero-order valence-corrected chi connectivity index (χ0v) is 20.0. The SMILES string of the molecule is CN1c2c(-c3ccc(-c4ccsc4)nc3)cnn2C(N)=C(Br)C1C1CCC(C(=O)O)CC1. The van der Waals surface area contributed by atoms with Crippen molar-refractivity contribution in [3.05, 3.63) is 45.8 Å². The number of thiophene rings is 1. The molecule has 32 heavy (non-hydrogen) atoms. The average Bonchev–Trinajstić information content (AvgIpc) is 3.49. The molecule has 7 nitrogen and oxygen atoms in total. The topological polar surface area (TPSA) is 97.3 Å². The summed E-state index contributed by atoms with van der Waals surface area (Å²) in [5, 5.41) is 18.1. The number of hydrogen-bond donors (Lipinski definition) is 2. The first kappa shape index (κ1) is 21.2. The first-order valence-electron chi connectivity index (χ1n) is 10.6. The number of halogens is 1. The van der Waals surface area contributed by atoms with E-state index in [0.717, 1.165) is 45.5 Å². The summed E-state index contributed by atoms with van der Waals surface area (Å²) in [7, 11) is 2.06. The highest BCUT2D eigenvalue weighted by molar-refractivity contribution is 9.11. The van der Waals surface area contributed by atoms with Crippen LogP contribution in [0.3, 0.4) is 0 Å². The molecule has 1 aliphatic heterocycles. The minimum Gasteiger partial charge on any atom is -0.481 e. The third kappa shape index (κ3) is 3.53. The van der Waals surface area contributed by atoms with E-state index in [2.05, 4.69) is 55.5 Å². The van der Waals surface area contributed by atoms with Crippen LogP contribution in [-0.2, 0) is 4.79 Å². The van der Waals surface area contributed by atoms with Gasteiger partial charge in [-0.05, 0) is 65.0 Å². The maximum Gasteiger partial charge on any atom is 0.306 e. The molecular formula is C23H24BrN5O2S. The van der Waals surface area contributed by atoms with Crippen LogP contribution in [0.1, 0.15) is 25.7 Å². The number of fused-ring (bicyclic) bond motifs is 1. The van der Waals surface area contributed by atoms with Crippen LogP contribution >= 0.6 is 27.3 Å². The number of carboxylic acids is 1. The van der Waals surface area contributed by atoms with Crippen molar-refractivity contribution in [1.29, 1.82) is 0 Å². The normalized spacial score (nSPS) is 23.3. The summed E-state index contributed by atoms with van der Waals surface area (Å²) in [5.41, 5.74) is 10.5. The van der Waals surface area contributed by atoms with E-state index >= 15 is 0 Å². The number of aromatic nitrogens is 3. The highest BCUT2D eigenvalue weighted by atomic mass is 79.9. The number of hydrogen-bond acceptors (Lipinski definition) is 6. The second kappa shape index (κ2) is 8.37. The predicted molar refractivity (Wildman–Crippen MR) is 130 cm³/mol. The van der Waals surface area contributed by atoms with Gasteiger partial charge in [0, 0.05) is 35.3 Å². The first-order valence-corrected chi connectivity index (χ1v) is 12.4. The van der Waals surface area contributed by atoms with Gasteiger partial charge in [0.2, 0.25) is 0 Å². The van der Waals surface area contributed by atoms with Crippen molar-refractivity contribution in [3.8, 4) is 22.4 Å². The minimum atomic E-state index is -0.687. The quantitative estimate of drug-likeness (QED) is 0.516. The van der Waals surface area contributed by atoms with Crippen LogP contribution in [0, 0.1) is 11.8 Å². The number of carbonyl (C=O) groups is 1. The second-order valence-corrected chi connectivity index (χ2v) is 10.1. The summed E-state index contributed by atoms with van der Waals surface area (Å²) in [6.45, 7) is 0. The number of pyridine rings is 1. The molecule has 9 heteroatoms. The van der Waals surface area contributed by atoms with E-state index in [-0.39, 0.29) is 12.0 Å². The number of nitrogens with two attached hydrogens (primary N) is 1. The van der Waals surface area contributed by atoms with E-state index in [4.69, 9.17) is 5.73 Å². The van der Waals surface area contributed by atoms with Gasteiger partial charge in [0.05, 0.1) is 28.3 Å². The Morgan fingerprint density at radius 3 is 2.59 bits per heavy atom. The molecule has 5 rings (SSSR count). The fraction of sp³-hybridized carbons (Fsp3) is 0.348. The lowest BCUT2D eigenvalue weighted by atomic mass is 9.77. The highest BCUT2D eigenvalue weighted by Gasteiger charge is 2.39. The molecule has 4 heterocycles.